The van der Waals surface area contributed by atoms with Crippen LogP contribution in [-0.4, -0.2) is 12.7 Å². The third-order valence-electron chi connectivity index (χ3n) is 3.07. The molecule has 102 valence electrons. The van der Waals surface area contributed by atoms with Gasteiger partial charge >= 0.3 is 6.61 Å². The second kappa shape index (κ2) is 7.31. The Bertz CT molecular complexity index is 353. The molecule has 2 nitrogen and oxygen atoms in total. The van der Waals surface area contributed by atoms with Crippen LogP contribution in [0.5, 0.6) is 5.75 Å². The molecule has 18 heavy (non-hydrogen) atoms. The topological polar surface area (TPSA) is 21.3 Å². The van der Waals surface area contributed by atoms with Crippen LogP contribution in [0.25, 0.3) is 0 Å². The van der Waals surface area contributed by atoms with E-state index in [4.69, 9.17) is 0 Å². The highest BCUT2D eigenvalue weighted by Gasteiger charge is 2.16. The Morgan fingerprint density at radius 1 is 1.17 bits per heavy atom. The first-order chi connectivity index (χ1) is 8.58. The Balaban J connectivity index is 2.80. The molecule has 1 rings (SSSR count). The molecule has 1 atom stereocenters. The third kappa shape index (κ3) is 4.26. The highest BCUT2D eigenvalue weighted by molar-refractivity contribution is 5.35. The van der Waals surface area contributed by atoms with E-state index in [1.54, 1.807) is 12.1 Å². The fourth-order valence-corrected chi connectivity index (χ4v) is 2.01. The van der Waals surface area contributed by atoms with Gasteiger partial charge in [-0.05, 0) is 25.8 Å². The average Bonchev–Trinajstić information content (AvgIpc) is 2.35. The maximum absolute atomic E-state index is 12.3. The second-order valence-electron chi connectivity index (χ2n) is 4.32. The van der Waals surface area contributed by atoms with Gasteiger partial charge in [0, 0.05) is 17.6 Å². The van der Waals surface area contributed by atoms with E-state index in [-0.39, 0.29) is 11.8 Å². The fraction of sp³-hybridized carbons (Fsp3) is 0.571. The minimum Gasteiger partial charge on any atom is -0.434 e. The maximum Gasteiger partial charge on any atom is 0.387 e. The first-order valence-corrected chi connectivity index (χ1v) is 6.38. The van der Waals surface area contributed by atoms with Crippen LogP contribution in [0.1, 0.15) is 45.2 Å². The van der Waals surface area contributed by atoms with Crippen molar-refractivity contribution in [3.63, 3.8) is 0 Å². The standard InChI is InChI=1S/C14H21F2NO/c1-4-11(5-2)17-10(3)12-8-6-7-9-13(12)18-14(15)16/h6-11,14,17H,4-5H2,1-3H3. The van der Waals surface area contributed by atoms with Crippen molar-refractivity contribution in [2.75, 3.05) is 0 Å². The molecule has 0 aliphatic carbocycles. The average molecular weight is 257 g/mol. The number of para-hydroxylation sites is 1. The summed E-state index contributed by atoms with van der Waals surface area (Å²) in [7, 11) is 0. The van der Waals surface area contributed by atoms with E-state index in [1.807, 2.05) is 19.1 Å². The van der Waals surface area contributed by atoms with Gasteiger partial charge in [-0.15, -0.1) is 0 Å². The summed E-state index contributed by atoms with van der Waals surface area (Å²) in [5.74, 6) is 0.249. The Hall–Kier alpha value is -1.16. The van der Waals surface area contributed by atoms with E-state index in [9.17, 15) is 8.78 Å². The molecule has 0 fully saturated rings. The molecule has 1 aromatic rings. The van der Waals surface area contributed by atoms with Gasteiger partial charge in [0.2, 0.25) is 0 Å². The Kier molecular flexibility index (Phi) is 6.05. The zero-order valence-electron chi connectivity index (χ0n) is 11.1. The quantitative estimate of drug-likeness (QED) is 0.793. The highest BCUT2D eigenvalue weighted by atomic mass is 19.3. The first-order valence-electron chi connectivity index (χ1n) is 6.38. The van der Waals surface area contributed by atoms with Crippen molar-refractivity contribution in [1.82, 2.24) is 5.32 Å². The van der Waals surface area contributed by atoms with Crippen LogP contribution in [0, 0.1) is 0 Å². The maximum atomic E-state index is 12.3. The smallest absolute Gasteiger partial charge is 0.387 e. The molecule has 1 N–H and O–H groups in total. The van der Waals surface area contributed by atoms with Crippen molar-refractivity contribution in [3.05, 3.63) is 29.8 Å². The van der Waals surface area contributed by atoms with Crippen LogP contribution < -0.4 is 10.1 Å². The molecule has 0 radical (unpaired) electrons. The Morgan fingerprint density at radius 3 is 2.33 bits per heavy atom. The largest absolute Gasteiger partial charge is 0.434 e. The Labute approximate surface area is 107 Å². The minimum atomic E-state index is -2.79. The van der Waals surface area contributed by atoms with E-state index in [0.717, 1.165) is 18.4 Å². The van der Waals surface area contributed by atoms with E-state index in [0.29, 0.717) is 6.04 Å². The lowest BCUT2D eigenvalue weighted by Gasteiger charge is -2.23. The monoisotopic (exact) mass is 257 g/mol. The SMILES string of the molecule is CCC(CC)NC(C)c1ccccc1OC(F)F. The predicted molar refractivity (Wildman–Crippen MR) is 69.0 cm³/mol. The molecule has 4 heteroatoms. The molecule has 0 heterocycles. The molecule has 0 aliphatic heterocycles. The number of hydrogen-bond donors (Lipinski definition) is 1. The summed E-state index contributed by atoms with van der Waals surface area (Å²) in [6.45, 7) is 3.39. The fourth-order valence-electron chi connectivity index (χ4n) is 2.01. The summed E-state index contributed by atoms with van der Waals surface area (Å²) in [5.41, 5.74) is 0.768. The lowest BCUT2D eigenvalue weighted by molar-refractivity contribution is -0.0506. The minimum absolute atomic E-state index is 0.00940. The van der Waals surface area contributed by atoms with Crippen LogP contribution in [0.3, 0.4) is 0 Å². The summed E-state index contributed by atoms with van der Waals surface area (Å²) < 4.78 is 29.2. The van der Waals surface area contributed by atoms with Gasteiger partial charge in [0.1, 0.15) is 5.75 Å². The number of halogens is 2. The van der Waals surface area contributed by atoms with Crippen molar-refractivity contribution in [2.45, 2.75) is 52.3 Å². The Morgan fingerprint density at radius 2 is 1.78 bits per heavy atom. The van der Waals surface area contributed by atoms with Gasteiger partial charge in [-0.2, -0.15) is 8.78 Å². The van der Waals surface area contributed by atoms with Crippen LogP contribution >= 0.6 is 0 Å². The number of alkyl halides is 2. The number of nitrogens with one attached hydrogen (secondary N) is 1. The van der Waals surface area contributed by atoms with Crippen LogP contribution in [-0.2, 0) is 0 Å². The molecule has 0 aromatic heterocycles. The lowest BCUT2D eigenvalue weighted by atomic mass is 10.0. The van der Waals surface area contributed by atoms with Gasteiger partial charge in [-0.3, -0.25) is 0 Å². The van der Waals surface area contributed by atoms with E-state index < -0.39 is 6.61 Å². The summed E-state index contributed by atoms with van der Waals surface area (Å²) in [6.07, 6.45) is 2.03. The van der Waals surface area contributed by atoms with Crippen LogP contribution in [0.2, 0.25) is 0 Å². The van der Waals surface area contributed by atoms with Gasteiger partial charge < -0.3 is 10.1 Å². The number of hydrogen-bond acceptors (Lipinski definition) is 2. The lowest BCUT2D eigenvalue weighted by Crippen LogP contribution is -2.30. The van der Waals surface area contributed by atoms with Crippen molar-refractivity contribution >= 4 is 0 Å². The van der Waals surface area contributed by atoms with E-state index in [1.165, 1.54) is 0 Å². The summed E-state index contributed by atoms with van der Waals surface area (Å²) in [6, 6.07) is 7.30. The third-order valence-corrected chi connectivity index (χ3v) is 3.07. The number of rotatable bonds is 7. The first kappa shape index (κ1) is 14.9. The number of ether oxygens (including phenoxy) is 1. The van der Waals surface area contributed by atoms with Gasteiger partial charge in [-0.25, -0.2) is 0 Å². The molecular weight excluding hydrogens is 236 g/mol. The number of benzene rings is 1. The molecular formula is C14H21F2NO. The highest BCUT2D eigenvalue weighted by Crippen LogP contribution is 2.26. The molecule has 0 saturated carbocycles. The van der Waals surface area contributed by atoms with Crippen molar-refractivity contribution in [3.8, 4) is 5.75 Å². The van der Waals surface area contributed by atoms with Gasteiger partial charge in [0.15, 0.2) is 0 Å². The van der Waals surface area contributed by atoms with E-state index in [2.05, 4.69) is 23.9 Å². The second-order valence-corrected chi connectivity index (χ2v) is 4.32. The van der Waals surface area contributed by atoms with Crippen molar-refractivity contribution in [1.29, 1.82) is 0 Å². The predicted octanol–water partition coefficient (Wildman–Crippen LogP) is 4.13. The molecule has 1 unspecified atom stereocenters. The van der Waals surface area contributed by atoms with Gasteiger partial charge in [0.25, 0.3) is 0 Å². The van der Waals surface area contributed by atoms with E-state index >= 15 is 0 Å². The molecule has 0 amide bonds. The van der Waals surface area contributed by atoms with Crippen molar-refractivity contribution in [2.24, 2.45) is 0 Å². The normalized spacial score (nSPS) is 13.1. The molecule has 0 aliphatic rings. The van der Waals surface area contributed by atoms with Crippen molar-refractivity contribution < 1.29 is 13.5 Å². The summed E-state index contributed by atoms with van der Waals surface area (Å²) in [4.78, 5) is 0. The zero-order valence-corrected chi connectivity index (χ0v) is 11.1. The van der Waals surface area contributed by atoms with Crippen LogP contribution in [0.15, 0.2) is 24.3 Å². The van der Waals surface area contributed by atoms with Gasteiger partial charge in [-0.1, -0.05) is 32.0 Å². The molecule has 0 saturated heterocycles. The zero-order chi connectivity index (χ0) is 13.5. The summed E-state index contributed by atoms with van der Waals surface area (Å²) in [5, 5.41) is 3.42. The molecule has 1 aromatic carbocycles. The molecule has 0 spiro atoms. The molecule has 0 bridgehead atoms. The van der Waals surface area contributed by atoms with Crippen LogP contribution in [0.4, 0.5) is 8.78 Å². The summed E-state index contributed by atoms with van der Waals surface area (Å²) >= 11 is 0. The van der Waals surface area contributed by atoms with Gasteiger partial charge in [0.05, 0.1) is 0 Å².